The second-order valence-electron chi connectivity index (χ2n) is 9.48. The van der Waals surface area contributed by atoms with Gasteiger partial charge in [-0.3, -0.25) is 9.59 Å². The molecular formula is C28H32Cl2N2O3. The summed E-state index contributed by atoms with van der Waals surface area (Å²) in [5.74, 6) is -0.939. The minimum Gasteiger partial charge on any atom is -0.481 e. The summed E-state index contributed by atoms with van der Waals surface area (Å²) in [6.45, 7) is 0.594. The van der Waals surface area contributed by atoms with Crippen LogP contribution in [0.5, 0.6) is 0 Å². The zero-order valence-electron chi connectivity index (χ0n) is 20.1. The van der Waals surface area contributed by atoms with E-state index in [2.05, 4.69) is 10.6 Å². The van der Waals surface area contributed by atoms with Crippen LogP contribution >= 0.6 is 23.2 Å². The Morgan fingerprint density at radius 1 is 1.00 bits per heavy atom. The van der Waals surface area contributed by atoms with Crippen molar-refractivity contribution in [1.29, 1.82) is 0 Å². The van der Waals surface area contributed by atoms with E-state index in [0.717, 1.165) is 73.0 Å². The molecule has 0 radical (unpaired) electrons. The number of hydrogen-bond donors (Lipinski definition) is 1. The normalized spacial score (nSPS) is 15.7. The smallest absolute Gasteiger partial charge is 0.305 e. The van der Waals surface area contributed by atoms with Crippen molar-refractivity contribution >= 4 is 46.0 Å². The van der Waals surface area contributed by atoms with Gasteiger partial charge < -0.3 is 14.6 Å². The highest BCUT2D eigenvalue weighted by Gasteiger charge is 2.34. The van der Waals surface area contributed by atoms with Crippen LogP contribution in [-0.4, -0.2) is 39.0 Å². The maximum atomic E-state index is 13.8. The maximum Gasteiger partial charge on any atom is 0.305 e. The Kier molecular flexibility index (Phi) is 8.40. The lowest BCUT2D eigenvalue weighted by Crippen LogP contribution is -2.37. The van der Waals surface area contributed by atoms with Gasteiger partial charge in [0.05, 0.1) is 12.0 Å². The van der Waals surface area contributed by atoms with Gasteiger partial charge in [0.1, 0.15) is 0 Å². The molecule has 0 saturated carbocycles. The molecule has 0 bridgehead atoms. The number of rotatable bonds is 10. The lowest BCUT2D eigenvalue weighted by molar-refractivity contribution is -0.137. The minimum atomic E-state index is -0.867. The molecule has 4 rings (SSSR count). The summed E-state index contributed by atoms with van der Waals surface area (Å²) in [5, 5.41) is 11.5. The van der Waals surface area contributed by atoms with E-state index in [9.17, 15) is 14.7 Å². The van der Waals surface area contributed by atoms with Crippen molar-refractivity contribution in [1.82, 2.24) is 9.47 Å². The van der Waals surface area contributed by atoms with Crippen molar-refractivity contribution < 1.29 is 14.7 Å². The number of carboxylic acid groups (broad SMARTS) is 1. The van der Waals surface area contributed by atoms with Gasteiger partial charge in [-0.05, 0) is 74.4 Å². The number of carbonyl (C=O) groups excluding carboxylic acids is 1. The first-order valence-electron chi connectivity index (χ1n) is 12.4. The van der Waals surface area contributed by atoms with E-state index in [4.69, 9.17) is 23.2 Å². The molecule has 0 aliphatic carbocycles. The molecule has 186 valence electrons. The van der Waals surface area contributed by atoms with Crippen LogP contribution < -0.4 is 0 Å². The maximum absolute atomic E-state index is 13.8. The molecule has 2 aromatic carbocycles. The fourth-order valence-corrected chi connectivity index (χ4v) is 5.71. The van der Waals surface area contributed by atoms with Crippen LogP contribution in [0.15, 0.2) is 42.5 Å². The SMILES string of the molecule is Cn1c(CCCCCCc2cccc(Cl)c2)c(C(=O)N2CCC[C@@H]2CC(=O)O)c2cc(Cl)ccc21. The summed E-state index contributed by atoms with van der Waals surface area (Å²) in [6.07, 6.45) is 7.60. The van der Waals surface area contributed by atoms with Crippen molar-refractivity contribution in [3.63, 3.8) is 0 Å². The van der Waals surface area contributed by atoms with Crippen LogP contribution in [0.2, 0.25) is 10.0 Å². The number of aryl methyl sites for hydroxylation is 2. The molecule has 1 aliphatic rings. The van der Waals surface area contributed by atoms with Gasteiger partial charge in [-0.15, -0.1) is 0 Å². The van der Waals surface area contributed by atoms with Crippen molar-refractivity contribution in [3.8, 4) is 0 Å². The summed E-state index contributed by atoms with van der Waals surface area (Å²) < 4.78 is 2.10. The van der Waals surface area contributed by atoms with Crippen LogP contribution in [0, 0.1) is 0 Å². The Morgan fingerprint density at radius 2 is 1.74 bits per heavy atom. The molecule has 1 aromatic heterocycles. The van der Waals surface area contributed by atoms with Crippen molar-refractivity contribution in [2.75, 3.05) is 6.54 Å². The first-order chi connectivity index (χ1) is 16.8. The third-order valence-electron chi connectivity index (χ3n) is 7.06. The molecule has 7 heteroatoms. The Labute approximate surface area is 216 Å². The Hall–Kier alpha value is -2.50. The number of amides is 1. The second kappa shape index (κ2) is 11.5. The molecule has 5 nitrogen and oxygen atoms in total. The fraction of sp³-hybridized carbons (Fsp3) is 0.429. The molecule has 0 spiro atoms. The first-order valence-corrected chi connectivity index (χ1v) is 13.1. The highest BCUT2D eigenvalue weighted by atomic mass is 35.5. The van der Waals surface area contributed by atoms with Crippen LogP contribution in [-0.2, 0) is 24.7 Å². The molecule has 35 heavy (non-hydrogen) atoms. The summed E-state index contributed by atoms with van der Waals surface area (Å²) >= 11 is 12.4. The Balaban J connectivity index is 1.48. The standard InChI is InChI=1S/C28H32Cl2N2O3/c1-31-24-14-13-21(30)17-23(24)27(28(35)32-15-7-11-22(32)18-26(33)34)25(31)12-5-3-2-4-8-19-9-6-10-20(29)16-19/h6,9-10,13-14,16-17,22H,2-5,7-8,11-12,15,18H2,1H3,(H,33,34)/t22-/m1/s1. The fourth-order valence-electron chi connectivity index (χ4n) is 5.33. The number of halogens is 2. The van der Waals surface area contributed by atoms with Gasteiger partial charge in [0.2, 0.25) is 0 Å². The molecule has 1 fully saturated rings. The highest BCUT2D eigenvalue weighted by molar-refractivity contribution is 6.31. The average molecular weight is 515 g/mol. The monoisotopic (exact) mass is 514 g/mol. The van der Waals surface area contributed by atoms with Gasteiger partial charge in [0, 0.05) is 46.3 Å². The van der Waals surface area contributed by atoms with E-state index in [1.807, 2.05) is 43.4 Å². The van der Waals surface area contributed by atoms with E-state index in [0.29, 0.717) is 17.1 Å². The summed E-state index contributed by atoms with van der Waals surface area (Å²) in [7, 11) is 2.00. The number of aliphatic carboxylic acids is 1. The third-order valence-corrected chi connectivity index (χ3v) is 7.53. The first kappa shape index (κ1) is 25.6. The van der Waals surface area contributed by atoms with E-state index in [1.54, 1.807) is 4.90 Å². The third kappa shape index (κ3) is 6.02. The minimum absolute atomic E-state index is 0.0147. The molecule has 3 aromatic rings. The topological polar surface area (TPSA) is 62.5 Å². The molecule has 2 heterocycles. The summed E-state index contributed by atoms with van der Waals surface area (Å²) in [6, 6.07) is 13.4. The number of aromatic nitrogens is 1. The number of unbranched alkanes of at least 4 members (excludes halogenated alkanes) is 3. The molecule has 1 N–H and O–H groups in total. The Bertz CT molecular complexity index is 1220. The summed E-state index contributed by atoms with van der Waals surface area (Å²) in [4.78, 5) is 26.9. The number of fused-ring (bicyclic) bond motifs is 1. The number of hydrogen-bond acceptors (Lipinski definition) is 2. The van der Waals surface area contributed by atoms with E-state index < -0.39 is 5.97 Å². The van der Waals surface area contributed by atoms with Gasteiger partial charge in [0.15, 0.2) is 0 Å². The number of carboxylic acids is 1. The lowest BCUT2D eigenvalue weighted by Gasteiger charge is -2.24. The zero-order valence-corrected chi connectivity index (χ0v) is 21.6. The van der Waals surface area contributed by atoms with Crippen LogP contribution in [0.3, 0.4) is 0 Å². The molecule has 1 saturated heterocycles. The van der Waals surface area contributed by atoms with Gasteiger partial charge in [-0.1, -0.05) is 48.2 Å². The number of carbonyl (C=O) groups is 2. The van der Waals surface area contributed by atoms with Crippen LogP contribution in [0.4, 0.5) is 0 Å². The van der Waals surface area contributed by atoms with Gasteiger partial charge in [-0.2, -0.15) is 0 Å². The molecular weight excluding hydrogens is 483 g/mol. The van der Waals surface area contributed by atoms with Gasteiger partial charge in [0.25, 0.3) is 5.91 Å². The molecule has 1 aliphatic heterocycles. The summed E-state index contributed by atoms with van der Waals surface area (Å²) in [5.41, 5.74) is 3.92. The van der Waals surface area contributed by atoms with E-state index >= 15 is 0 Å². The quantitative estimate of drug-likeness (QED) is 0.299. The number of likely N-dealkylation sites (tertiary alicyclic amines) is 1. The predicted molar refractivity (Wildman–Crippen MR) is 142 cm³/mol. The largest absolute Gasteiger partial charge is 0.481 e. The van der Waals surface area contributed by atoms with Gasteiger partial charge in [-0.25, -0.2) is 0 Å². The number of benzene rings is 2. The van der Waals surface area contributed by atoms with E-state index in [1.165, 1.54) is 5.56 Å². The lowest BCUT2D eigenvalue weighted by atomic mass is 10.0. The second-order valence-corrected chi connectivity index (χ2v) is 10.4. The Morgan fingerprint density at radius 3 is 2.49 bits per heavy atom. The zero-order chi connectivity index (χ0) is 24.9. The van der Waals surface area contributed by atoms with Crippen molar-refractivity contribution in [2.45, 2.75) is 63.8 Å². The number of nitrogens with zero attached hydrogens (tertiary/aromatic N) is 2. The van der Waals surface area contributed by atoms with Crippen molar-refractivity contribution in [3.05, 3.63) is 69.3 Å². The van der Waals surface area contributed by atoms with Crippen molar-refractivity contribution in [2.24, 2.45) is 7.05 Å². The highest BCUT2D eigenvalue weighted by Crippen LogP contribution is 2.33. The average Bonchev–Trinajstić information content (AvgIpc) is 3.37. The molecule has 1 amide bonds. The van der Waals surface area contributed by atoms with E-state index in [-0.39, 0.29) is 18.4 Å². The van der Waals surface area contributed by atoms with Crippen LogP contribution in [0.1, 0.15) is 66.6 Å². The molecule has 1 atom stereocenters. The molecule has 0 unspecified atom stereocenters. The van der Waals surface area contributed by atoms with Gasteiger partial charge >= 0.3 is 5.97 Å². The van der Waals surface area contributed by atoms with Crippen LogP contribution in [0.25, 0.3) is 10.9 Å². The predicted octanol–water partition coefficient (Wildman–Crippen LogP) is 6.91.